The van der Waals surface area contributed by atoms with Gasteiger partial charge in [0, 0.05) is 17.6 Å². The van der Waals surface area contributed by atoms with Gasteiger partial charge in [0.1, 0.15) is 0 Å². The van der Waals surface area contributed by atoms with E-state index in [1.165, 1.54) is 0 Å². The smallest absolute Gasteiger partial charge is 0.234 e. The molecule has 5 heteroatoms. The Kier molecular flexibility index (Phi) is 7.72. The molecular weight excluding hydrogens is 286 g/mol. The lowest BCUT2D eigenvalue weighted by Crippen LogP contribution is -2.37. The molecule has 1 atom stereocenters. The van der Waals surface area contributed by atoms with Crippen LogP contribution in [0, 0.1) is 5.92 Å². The lowest BCUT2D eigenvalue weighted by Gasteiger charge is -2.21. The average molecular weight is 312 g/mol. The maximum atomic E-state index is 11.9. The first-order valence-electron chi connectivity index (χ1n) is 7.34. The topological polar surface area (TPSA) is 58.4 Å². The number of hydrogen-bond acceptors (Lipinski definition) is 3. The van der Waals surface area contributed by atoms with Crippen molar-refractivity contribution in [3.05, 3.63) is 34.9 Å². The van der Waals surface area contributed by atoms with Gasteiger partial charge in [0.2, 0.25) is 5.91 Å². The molecular formula is C16H26ClN3O. The molecule has 0 aliphatic heterocycles. The van der Waals surface area contributed by atoms with Crippen molar-refractivity contribution in [1.82, 2.24) is 10.2 Å². The van der Waals surface area contributed by atoms with E-state index in [1.54, 1.807) is 0 Å². The molecule has 0 bridgehead atoms. The minimum absolute atomic E-state index is 0.00413. The van der Waals surface area contributed by atoms with Crippen molar-refractivity contribution in [1.29, 1.82) is 0 Å². The summed E-state index contributed by atoms with van der Waals surface area (Å²) in [5.41, 5.74) is 6.93. The first-order valence-corrected chi connectivity index (χ1v) is 7.72. The van der Waals surface area contributed by atoms with Crippen molar-refractivity contribution in [2.75, 3.05) is 20.1 Å². The molecule has 1 rings (SSSR count). The van der Waals surface area contributed by atoms with Crippen LogP contribution in [0.4, 0.5) is 0 Å². The quantitative estimate of drug-likeness (QED) is 0.774. The van der Waals surface area contributed by atoms with Crippen molar-refractivity contribution in [3.8, 4) is 0 Å². The Morgan fingerprint density at radius 2 is 2.05 bits per heavy atom. The molecule has 0 heterocycles. The Morgan fingerprint density at radius 1 is 1.38 bits per heavy atom. The Hall–Kier alpha value is -1.10. The number of carbonyl (C=O) groups excluding carboxylic acids is 1. The second-order valence-corrected chi connectivity index (χ2v) is 6.21. The molecule has 0 spiro atoms. The lowest BCUT2D eigenvalue weighted by molar-refractivity contribution is -0.122. The summed E-state index contributed by atoms with van der Waals surface area (Å²) in [6, 6.07) is 7.70. The SMILES string of the molecule is CC(C)C(N)CCN(C)CC(=O)NCc1ccccc1Cl. The summed E-state index contributed by atoms with van der Waals surface area (Å²) in [6.07, 6.45) is 0.895. The van der Waals surface area contributed by atoms with Crippen LogP contribution in [0.3, 0.4) is 0 Å². The van der Waals surface area contributed by atoms with Gasteiger partial charge in [-0.15, -0.1) is 0 Å². The molecule has 0 radical (unpaired) electrons. The number of halogens is 1. The van der Waals surface area contributed by atoms with Crippen molar-refractivity contribution in [2.24, 2.45) is 11.7 Å². The van der Waals surface area contributed by atoms with E-state index in [0.29, 0.717) is 24.0 Å². The largest absolute Gasteiger partial charge is 0.351 e. The fourth-order valence-corrected chi connectivity index (χ4v) is 2.12. The highest BCUT2D eigenvalue weighted by molar-refractivity contribution is 6.31. The summed E-state index contributed by atoms with van der Waals surface area (Å²) in [5.74, 6) is 0.461. The number of hydrogen-bond donors (Lipinski definition) is 2. The van der Waals surface area contributed by atoms with Gasteiger partial charge in [-0.3, -0.25) is 9.69 Å². The molecule has 21 heavy (non-hydrogen) atoms. The third-order valence-corrected chi connectivity index (χ3v) is 3.92. The molecule has 0 aliphatic rings. The predicted molar refractivity (Wildman–Crippen MR) is 88.2 cm³/mol. The van der Waals surface area contributed by atoms with Gasteiger partial charge in [0.05, 0.1) is 6.54 Å². The first-order chi connectivity index (χ1) is 9.90. The molecule has 3 N–H and O–H groups in total. The minimum Gasteiger partial charge on any atom is -0.351 e. The van der Waals surface area contributed by atoms with Crippen LogP contribution in [0.5, 0.6) is 0 Å². The number of carbonyl (C=O) groups is 1. The zero-order valence-corrected chi connectivity index (χ0v) is 13.9. The van der Waals surface area contributed by atoms with Gasteiger partial charge in [0.25, 0.3) is 0 Å². The molecule has 1 unspecified atom stereocenters. The van der Waals surface area contributed by atoms with E-state index in [1.807, 2.05) is 36.2 Å². The second kappa shape index (κ2) is 9.03. The van der Waals surface area contributed by atoms with E-state index < -0.39 is 0 Å². The van der Waals surface area contributed by atoms with Crippen LogP contribution >= 0.6 is 11.6 Å². The zero-order valence-electron chi connectivity index (χ0n) is 13.1. The van der Waals surface area contributed by atoms with Crippen LogP contribution in [0.2, 0.25) is 5.02 Å². The standard InChI is InChI=1S/C16H26ClN3O/c1-12(2)15(18)8-9-20(3)11-16(21)19-10-13-6-4-5-7-14(13)17/h4-7,12,15H,8-11,18H2,1-3H3,(H,19,21). The molecule has 118 valence electrons. The summed E-state index contributed by atoms with van der Waals surface area (Å²) in [4.78, 5) is 13.9. The normalized spacial score (nSPS) is 12.7. The van der Waals surface area contributed by atoms with Gasteiger partial charge < -0.3 is 11.1 Å². The highest BCUT2D eigenvalue weighted by atomic mass is 35.5. The number of nitrogens with one attached hydrogen (secondary N) is 1. The molecule has 0 aromatic heterocycles. The van der Waals surface area contributed by atoms with Gasteiger partial charge in [0.15, 0.2) is 0 Å². The summed E-state index contributed by atoms with van der Waals surface area (Å²) in [7, 11) is 1.93. The number of benzene rings is 1. The fraction of sp³-hybridized carbons (Fsp3) is 0.562. The van der Waals surface area contributed by atoms with E-state index in [-0.39, 0.29) is 11.9 Å². The molecule has 0 fully saturated rings. The average Bonchev–Trinajstić information content (AvgIpc) is 2.43. The van der Waals surface area contributed by atoms with Gasteiger partial charge in [-0.1, -0.05) is 43.6 Å². The van der Waals surface area contributed by atoms with Gasteiger partial charge in [-0.25, -0.2) is 0 Å². The molecule has 1 amide bonds. The van der Waals surface area contributed by atoms with Crippen LogP contribution in [-0.4, -0.2) is 37.0 Å². The predicted octanol–water partition coefficient (Wildman–Crippen LogP) is 2.26. The number of rotatable bonds is 8. The third-order valence-electron chi connectivity index (χ3n) is 3.55. The van der Waals surface area contributed by atoms with Crippen LogP contribution < -0.4 is 11.1 Å². The molecule has 4 nitrogen and oxygen atoms in total. The first kappa shape index (κ1) is 18.0. The fourth-order valence-electron chi connectivity index (χ4n) is 1.92. The van der Waals surface area contributed by atoms with Crippen LogP contribution in [-0.2, 0) is 11.3 Å². The highest BCUT2D eigenvalue weighted by Crippen LogP contribution is 2.14. The summed E-state index contributed by atoms with van der Waals surface area (Å²) in [5, 5.41) is 3.56. The van der Waals surface area contributed by atoms with Crippen molar-refractivity contribution < 1.29 is 4.79 Å². The number of amides is 1. The monoisotopic (exact) mass is 311 g/mol. The van der Waals surface area contributed by atoms with Crippen LogP contribution in [0.1, 0.15) is 25.8 Å². The highest BCUT2D eigenvalue weighted by Gasteiger charge is 2.11. The third kappa shape index (κ3) is 6.93. The van der Waals surface area contributed by atoms with Crippen molar-refractivity contribution in [2.45, 2.75) is 32.9 Å². The number of nitrogens with zero attached hydrogens (tertiary/aromatic N) is 1. The van der Waals surface area contributed by atoms with Crippen molar-refractivity contribution >= 4 is 17.5 Å². The van der Waals surface area contributed by atoms with E-state index >= 15 is 0 Å². The minimum atomic E-state index is -0.00413. The van der Waals surface area contributed by atoms with Crippen LogP contribution in [0.15, 0.2) is 24.3 Å². The Bertz CT molecular complexity index is 451. The Labute approximate surface area is 132 Å². The Morgan fingerprint density at radius 3 is 2.67 bits per heavy atom. The van der Waals surface area contributed by atoms with Crippen LogP contribution in [0.25, 0.3) is 0 Å². The Balaban J connectivity index is 2.29. The summed E-state index contributed by atoms with van der Waals surface area (Å²) < 4.78 is 0. The molecule has 0 saturated carbocycles. The number of likely N-dealkylation sites (N-methyl/N-ethyl adjacent to an activating group) is 1. The molecule has 1 aromatic carbocycles. The van der Waals surface area contributed by atoms with Gasteiger partial charge in [-0.2, -0.15) is 0 Å². The summed E-state index contributed by atoms with van der Waals surface area (Å²) >= 11 is 6.05. The second-order valence-electron chi connectivity index (χ2n) is 5.80. The lowest BCUT2D eigenvalue weighted by atomic mass is 10.0. The molecule has 0 aliphatic carbocycles. The van der Waals surface area contributed by atoms with Gasteiger partial charge >= 0.3 is 0 Å². The van der Waals surface area contributed by atoms with Crippen molar-refractivity contribution in [3.63, 3.8) is 0 Å². The van der Waals surface area contributed by atoms with E-state index in [2.05, 4.69) is 19.2 Å². The molecule has 1 aromatic rings. The number of nitrogens with two attached hydrogens (primary N) is 1. The van der Waals surface area contributed by atoms with E-state index in [9.17, 15) is 4.79 Å². The van der Waals surface area contributed by atoms with E-state index in [4.69, 9.17) is 17.3 Å². The zero-order chi connectivity index (χ0) is 15.8. The maximum absolute atomic E-state index is 11.9. The van der Waals surface area contributed by atoms with E-state index in [0.717, 1.165) is 18.5 Å². The maximum Gasteiger partial charge on any atom is 0.234 e. The summed E-state index contributed by atoms with van der Waals surface area (Å²) in [6.45, 7) is 5.87. The van der Waals surface area contributed by atoms with Gasteiger partial charge in [-0.05, 0) is 37.6 Å². The molecule has 0 saturated heterocycles.